The van der Waals surface area contributed by atoms with Gasteiger partial charge in [0.2, 0.25) is 0 Å². The van der Waals surface area contributed by atoms with E-state index in [-0.39, 0.29) is 24.7 Å². The van der Waals surface area contributed by atoms with Crippen molar-refractivity contribution in [2.45, 2.75) is 26.0 Å². The lowest BCUT2D eigenvalue weighted by molar-refractivity contribution is -0.0667. The molecule has 1 heterocycles. The van der Waals surface area contributed by atoms with E-state index in [4.69, 9.17) is 9.84 Å². The molecule has 2 atom stereocenters. The third-order valence-corrected chi connectivity index (χ3v) is 3.98. The zero-order valence-electron chi connectivity index (χ0n) is 11.1. The summed E-state index contributed by atoms with van der Waals surface area (Å²) in [6.45, 7) is 4.76. The van der Waals surface area contributed by atoms with E-state index in [0.717, 1.165) is 10.0 Å². The van der Waals surface area contributed by atoms with Crippen LogP contribution in [0.25, 0.3) is 0 Å². The van der Waals surface area contributed by atoms with Gasteiger partial charge in [-0.1, -0.05) is 6.07 Å². The van der Waals surface area contributed by atoms with Crippen molar-refractivity contribution < 1.29 is 14.6 Å². The van der Waals surface area contributed by atoms with E-state index in [1.54, 1.807) is 4.90 Å². The van der Waals surface area contributed by atoms with Gasteiger partial charge in [-0.05, 0) is 47.5 Å². The van der Waals surface area contributed by atoms with Gasteiger partial charge in [-0.25, -0.2) is 0 Å². The van der Waals surface area contributed by atoms with Crippen LogP contribution in [-0.2, 0) is 4.74 Å². The molecule has 1 aromatic carbocycles. The van der Waals surface area contributed by atoms with Gasteiger partial charge in [-0.2, -0.15) is 0 Å². The summed E-state index contributed by atoms with van der Waals surface area (Å²) in [5.41, 5.74) is 1.75. The second-order valence-electron chi connectivity index (χ2n) is 4.93. The number of carbonyl (C=O) groups is 1. The van der Waals surface area contributed by atoms with E-state index in [0.29, 0.717) is 18.7 Å². The standard InChI is InChI=1S/C14H18BrNO3/c1-9-3-4-12(13(15)5-9)14(18)16-6-11(7-17)19-8-10(16)2/h3-5,10-11,17H,6-8H2,1-2H3. The van der Waals surface area contributed by atoms with Crippen molar-refractivity contribution in [3.05, 3.63) is 33.8 Å². The largest absolute Gasteiger partial charge is 0.394 e. The summed E-state index contributed by atoms with van der Waals surface area (Å²) >= 11 is 3.44. The van der Waals surface area contributed by atoms with Crippen molar-refractivity contribution in [2.75, 3.05) is 19.8 Å². The average Bonchev–Trinajstić information content (AvgIpc) is 2.38. The van der Waals surface area contributed by atoms with Crippen LogP contribution in [0.4, 0.5) is 0 Å². The van der Waals surface area contributed by atoms with E-state index < -0.39 is 0 Å². The van der Waals surface area contributed by atoms with Gasteiger partial charge < -0.3 is 14.7 Å². The topological polar surface area (TPSA) is 49.8 Å². The predicted molar refractivity (Wildman–Crippen MR) is 76.2 cm³/mol. The monoisotopic (exact) mass is 327 g/mol. The first-order chi connectivity index (χ1) is 9.02. The summed E-state index contributed by atoms with van der Waals surface area (Å²) in [6, 6.07) is 5.70. The number of aryl methyl sites for hydroxylation is 1. The Morgan fingerprint density at radius 2 is 2.32 bits per heavy atom. The van der Waals surface area contributed by atoms with Crippen LogP contribution >= 0.6 is 15.9 Å². The highest BCUT2D eigenvalue weighted by molar-refractivity contribution is 9.10. The summed E-state index contributed by atoms with van der Waals surface area (Å²) in [5.74, 6) is -0.0267. The third-order valence-electron chi connectivity index (χ3n) is 3.33. The summed E-state index contributed by atoms with van der Waals surface area (Å²) < 4.78 is 6.25. The highest BCUT2D eigenvalue weighted by Gasteiger charge is 2.30. The average molecular weight is 328 g/mol. The van der Waals surface area contributed by atoms with Gasteiger partial charge >= 0.3 is 0 Å². The highest BCUT2D eigenvalue weighted by Crippen LogP contribution is 2.22. The first-order valence-electron chi connectivity index (χ1n) is 6.32. The van der Waals surface area contributed by atoms with Crippen LogP contribution in [-0.4, -0.2) is 47.8 Å². The van der Waals surface area contributed by atoms with Crippen LogP contribution in [0.15, 0.2) is 22.7 Å². The number of aliphatic hydroxyl groups excluding tert-OH is 1. The molecule has 0 aliphatic carbocycles. The van der Waals surface area contributed by atoms with Gasteiger partial charge in [-0.15, -0.1) is 0 Å². The minimum absolute atomic E-state index is 0.0171. The van der Waals surface area contributed by atoms with Gasteiger partial charge in [0.1, 0.15) is 0 Å². The van der Waals surface area contributed by atoms with Crippen LogP contribution in [0.5, 0.6) is 0 Å². The van der Waals surface area contributed by atoms with Gasteiger partial charge in [0.05, 0.1) is 30.9 Å². The molecule has 1 aromatic rings. The van der Waals surface area contributed by atoms with Crippen molar-refractivity contribution in [3.8, 4) is 0 Å². The number of amides is 1. The Morgan fingerprint density at radius 1 is 1.58 bits per heavy atom. The molecular formula is C14H18BrNO3. The molecule has 0 spiro atoms. The fourth-order valence-corrected chi connectivity index (χ4v) is 2.82. The Morgan fingerprint density at radius 3 is 2.95 bits per heavy atom. The first kappa shape index (κ1) is 14.5. The molecule has 4 nitrogen and oxygen atoms in total. The van der Waals surface area contributed by atoms with Gasteiger partial charge in [0.15, 0.2) is 0 Å². The maximum atomic E-state index is 12.6. The lowest BCUT2D eigenvalue weighted by Crippen LogP contribution is -2.52. The summed E-state index contributed by atoms with van der Waals surface area (Å²) in [5, 5.41) is 9.17. The number of aliphatic hydroxyl groups is 1. The van der Waals surface area contributed by atoms with Crippen LogP contribution in [0.2, 0.25) is 0 Å². The number of hydrogen-bond acceptors (Lipinski definition) is 3. The summed E-state index contributed by atoms with van der Waals surface area (Å²) in [6.07, 6.45) is -0.288. The Bertz CT molecular complexity index is 478. The number of rotatable bonds is 2. The first-order valence-corrected chi connectivity index (χ1v) is 7.11. The second kappa shape index (κ2) is 6.03. The van der Waals surface area contributed by atoms with E-state index in [2.05, 4.69) is 15.9 Å². The molecule has 19 heavy (non-hydrogen) atoms. The molecule has 0 saturated carbocycles. The molecule has 1 amide bonds. The third kappa shape index (κ3) is 3.16. The van der Waals surface area contributed by atoms with Crippen LogP contribution in [0.3, 0.4) is 0 Å². The molecule has 1 aliphatic heterocycles. The number of morpholine rings is 1. The molecule has 2 unspecified atom stereocenters. The number of hydrogen-bond donors (Lipinski definition) is 1. The summed E-state index contributed by atoms with van der Waals surface area (Å²) in [4.78, 5) is 14.3. The van der Waals surface area contributed by atoms with Gasteiger partial charge in [0.25, 0.3) is 5.91 Å². The molecule has 1 N–H and O–H groups in total. The van der Waals surface area contributed by atoms with Crippen molar-refractivity contribution in [1.82, 2.24) is 4.90 Å². The van der Waals surface area contributed by atoms with E-state index in [9.17, 15) is 4.79 Å². The molecule has 104 valence electrons. The van der Waals surface area contributed by atoms with Crippen molar-refractivity contribution in [3.63, 3.8) is 0 Å². The van der Waals surface area contributed by atoms with Crippen LogP contribution in [0.1, 0.15) is 22.8 Å². The van der Waals surface area contributed by atoms with Crippen LogP contribution in [0, 0.1) is 6.92 Å². The SMILES string of the molecule is Cc1ccc(C(=O)N2CC(CO)OCC2C)c(Br)c1. The Labute approximate surface area is 121 Å². The quantitative estimate of drug-likeness (QED) is 0.903. The zero-order chi connectivity index (χ0) is 14.0. The maximum Gasteiger partial charge on any atom is 0.255 e. The number of nitrogens with zero attached hydrogens (tertiary/aromatic N) is 1. The molecular weight excluding hydrogens is 310 g/mol. The Balaban J connectivity index is 2.22. The second-order valence-corrected chi connectivity index (χ2v) is 5.78. The number of benzene rings is 1. The summed E-state index contributed by atoms with van der Waals surface area (Å²) in [7, 11) is 0. The van der Waals surface area contributed by atoms with Crippen LogP contribution < -0.4 is 0 Å². The Kier molecular flexibility index (Phi) is 4.60. The lowest BCUT2D eigenvalue weighted by atomic mass is 10.1. The molecule has 5 heteroatoms. The molecule has 0 aromatic heterocycles. The minimum Gasteiger partial charge on any atom is -0.394 e. The van der Waals surface area contributed by atoms with E-state index in [1.165, 1.54) is 0 Å². The normalized spacial score (nSPS) is 23.5. The number of carbonyl (C=O) groups excluding carboxylic acids is 1. The number of halogens is 1. The van der Waals surface area contributed by atoms with Gasteiger partial charge in [0, 0.05) is 11.0 Å². The molecule has 1 aliphatic rings. The molecule has 0 radical (unpaired) electrons. The van der Waals surface area contributed by atoms with E-state index in [1.807, 2.05) is 32.0 Å². The smallest absolute Gasteiger partial charge is 0.255 e. The fraction of sp³-hybridized carbons (Fsp3) is 0.500. The molecule has 2 rings (SSSR count). The zero-order valence-corrected chi connectivity index (χ0v) is 12.7. The fourth-order valence-electron chi connectivity index (χ4n) is 2.16. The molecule has 1 saturated heterocycles. The minimum atomic E-state index is -0.288. The molecule has 1 fully saturated rings. The highest BCUT2D eigenvalue weighted by atomic mass is 79.9. The van der Waals surface area contributed by atoms with Crippen molar-refractivity contribution >= 4 is 21.8 Å². The van der Waals surface area contributed by atoms with Gasteiger partial charge in [-0.3, -0.25) is 4.79 Å². The predicted octanol–water partition coefficient (Wildman–Crippen LogP) is 1.98. The number of ether oxygens (including phenoxy) is 1. The van der Waals surface area contributed by atoms with Crippen molar-refractivity contribution in [1.29, 1.82) is 0 Å². The molecule has 0 bridgehead atoms. The lowest BCUT2D eigenvalue weighted by Gasteiger charge is -2.37. The van der Waals surface area contributed by atoms with E-state index >= 15 is 0 Å². The Hall–Kier alpha value is -0.910. The van der Waals surface area contributed by atoms with Crippen molar-refractivity contribution in [2.24, 2.45) is 0 Å². The maximum absolute atomic E-state index is 12.6.